The van der Waals surface area contributed by atoms with Crippen molar-refractivity contribution in [3.63, 3.8) is 0 Å². The van der Waals surface area contributed by atoms with Crippen LogP contribution in [0.25, 0.3) is 0 Å². The van der Waals surface area contributed by atoms with Crippen LogP contribution in [0.15, 0.2) is 52.0 Å². The molecule has 0 saturated carbocycles. The van der Waals surface area contributed by atoms with Crippen molar-refractivity contribution in [2.45, 2.75) is 24.2 Å². The molecule has 1 fully saturated rings. The van der Waals surface area contributed by atoms with Crippen molar-refractivity contribution < 1.29 is 8.42 Å². The zero-order chi connectivity index (χ0) is 16.3. The normalized spacial score (nSPS) is 16.2. The molecule has 1 aliphatic rings. The predicted octanol–water partition coefficient (Wildman–Crippen LogP) is 3.76. The Hall–Kier alpha value is -1.44. The molecule has 2 heterocycles. The van der Waals surface area contributed by atoms with E-state index in [0.717, 1.165) is 29.4 Å². The molecular weight excluding hydrogens is 378 g/mol. The van der Waals surface area contributed by atoms with E-state index in [4.69, 9.17) is 0 Å². The van der Waals surface area contributed by atoms with Crippen LogP contribution in [0.3, 0.4) is 0 Å². The van der Waals surface area contributed by atoms with Crippen LogP contribution in [0.5, 0.6) is 0 Å². The lowest BCUT2D eigenvalue weighted by molar-refractivity contribution is 0.346. The number of rotatable bonds is 4. The molecule has 0 atom stereocenters. The number of nitrogens with one attached hydrogen (secondary N) is 1. The third-order valence-corrected chi connectivity index (χ3v) is 6.22. The first-order valence-corrected chi connectivity index (χ1v) is 9.78. The summed E-state index contributed by atoms with van der Waals surface area (Å²) in [7, 11) is -3.42. The molecule has 1 aromatic carbocycles. The summed E-state index contributed by atoms with van der Waals surface area (Å²) in [6, 6.07) is 11.0. The van der Waals surface area contributed by atoms with E-state index in [1.54, 1.807) is 16.4 Å². The molecule has 1 saturated heterocycles. The van der Waals surface area contributed by atoms with Gasteiger partial charge in [-0.2, -0.15) is 4.31 Å². The SMILES string of the molecule is O=S(=O)(c1ccc(Nc2ccc(Br)cc2)nc1)N1CCCCC1. The second-order valence-corrected chi connectivity index (χ2v) is 8.33. The highest BCUT2D eigenvalue weighted by molar-refractivity contribution is 9.10. The molecule has 1 aliphatic heterocycles. The Morgan fingerprint density at radius 2 is 1.70 bits per heavy atom. The van der Waals surface area contributed by atoms with Crippen molar-refractivity contribution in [3.8, 4) is 0 Å². The van der Waals surface area contributed by atoms with Gasteiger partial charge in [0.25, 0.3) is 0 Å². The molecule has 0 bridgehead atoms. The number of benzene rings is 1. The van der Waals surface area contributed by atoms with Gasteiger partial charge in [0.15, 0.2) is 0 Å². The summed E-state index contributed by atoms with van der Waals surface area (Å²) < 4.78 is 27.7. The van der Waals surface area contributed by atoms with Gasteiger partial charge in [-0.3, -0.25) is 0 Å². The van der Waals surface area contributed by atoms with Gasteiger partial charge in [-0.15, -0.1) is 0 Å². The average molecular weight is 396 g/mol. The van der Waals surface area contributed by atoms with Crippen LogP contribution in [-0.2, 0) is 10.0 Å². The van der Waals surface area contributed by atoms with Gasteiger partial charge in [-0.25, -0.2) is 13.4 Å². The standard InChI is InChI=1S/C16H18BrN3O2S/c17-13-4-6-14(7-5-13)19-16-9-8-15(12-18-16)23(21,22)20-10-2-1-3-11-20/h4-9,12H,1-3,10-11H2,(H,18,19). The van der Waals surface area contributed by atoms with Crippen LogP contribution in [0.4, 0.5) is 11.5 Å². The molecule has 2 aromatic rings. The Bertz CT molecular complexity index is 755. The number of sulfonamides is 1. The molecule has 1 N–H and O–H groups in total. The largest absolute Gasteiger partial charge is 0.340 e. The van der Waals surface area contributed by atoms with Crippen LogP contribution in [0.2, 0.25) is 0 Å². The molecule has 3 rings (SSSR count). The van der Waals surface area contributed by atoms with Gasteiger partial charge < -0.3 is 5.32 Å². The third kappa shape index (κ3) is 3.91. The van der Waals surface area contributed by atoms with Crippen molar-refractivity contribution in [2.24, 2.45) is 0 Å². The number of piperidine rings is 1. The molecular formula is C16H18BrN3O2S. The fourth-order valence-corrected chi connectivity index (χ4v) is 4.27. The Kier molecular flexibility index (Phi) is 4.99. The molecule has 0 radical (unpaired) electrons. The van der Waals surface area contributed by atoms with Gasteiger partial charge in [0.1, 0.15) is 10.7 Å². The molecule has 7 heteroatoms. The minimum Gasteiger partial charge on any atom is -0.340 e. The quantitative estimate of drug-likeness (QED) is 0.855. The summed E-state index contributed by atoms with van der Waals surface area (Å²) in [4.78, 5) is 4.48. The van der Waals surface area contributed by atoms with E-state index in [1.807, 2.05) is 24.3 Å². The molecule has 5 nitrogen and oxygen atoms in total. The lowest BCUT2D eigenvalue weighted by Crippen LogP contribution is -2.35. The number of aromatic nitrogens is 1. The summed E-state index contributed by atoms with van der Waals surface area (Å²) >= 11 is 3.39. The lowest BCUT2D eigenvalue weighted by Gasteiger charge is -2.25. The van der Waals surface area contributed by atoms with E-state index in [1.165, 1.54) is 6.20 Å². The fourth-order valence-electron chi connectivity index (χ4n) is 2.54. The highest BCUT2D eigenvalue weighted by Crippen LogP contribution is 2.22. The first kappa shape index (κ1) is 16.4. The second-order valence-electron chi connectivity index (χ2n) is 5.48. The molecule has 122 valence electrons. The molecule has 23 heavy (non-hydrogen) atoms. The second kappa shape index (κ2) is 6.98. The molecule has 0 spiro atoms. The summed E-state index contributed by atoms with van der Waals surface area (Å²) in [6.07, 6.45) is 4.37. The molecule has 0 amide bonds. The van der Waals surface area contributed by atoms with Crippen LogP contribution < -0.4 is 5.32 Å². The number of nitrogens with zero attached hydrogens (tertiary/aromatic N) is 2. The van der Waals surface area contributed by atoms with E-state index in [2.05, 4.69) is 26.2 Å². The highest BCUT2D eigenvalue weighted by atomic mass is 79.9. The smallest absolute Gasteiger partial charge is 0.244 e. The third-order valence-electron chi connectivity index (χ3n) is 3.81. The maximum Gasteiger partial charge on any atom is 0.244 e. The van der Waals surface area contributed by atoms with E-state index in [-0.39, 0.29) is 4.90 Å². The summed E-state index contributed by atoms with van der Waals surface area (Å²) in [5.74, 6) is 0.616. The predicted molar refractivity (Wildman–Crippen MR) is 94.3 cm³/mol. The average Bonchev–Trinajstić information content (AvgIpc) is 2.58. The van der Waals surface area contributed by atoms with Gasteiger partial charge >= 0.3 is 0 Å². The van der Waals surface area contributed by atoms with Crippen molar-refractivity contribution in [3.05, 3.63) is 47.1 Å². The number of pyridine rings is 1. The molecule has 0 aliphatic carbocycles. The Labute approximate surface area is 144 Å². The van der Waals surface area contributed by atoms with Crippen molar-refractivity contribution in [1.82, 2.24) is 9.29 Å². The molecule has 1 aromatic heterocycles. The topological polar surface area (TPSA) is 62.3 Å². The zero-order valence-corrected chi connectivity index (χ0v) is 15.0. The van der Waals surface area contributed by atoms with E-state index < -0.39 is 10.0 Å². The van der Waals surface area contributed by atoms with Gasteiger partial charge in [0.2, 0.25) is 10.0 Å². The maximum absolute atomic E-state index is 12.6. The fraction of sp³-hybridized carbons (Fsp3) is 0.312. The minimum atomic E-state index is -3.42. The molecule has 0 unspecified atom stereocenters. The highest BCUT2D eigenvalue weighted by Gasteiger charge is 2.26. The van der Waals surface area contributed by atoms with Crippen molar-refractivity contribution >= 4 is 37.5 Å². The zero-order valence-electron chi connectivity index (χ0n) is 12.6. The number of hydrogen-bond donors (Lipinski definition) is 1. The minimum absolute atomic E-state index is 0.251. The van der Waals surface area contributed by atoms with E-state index in [0.29, 0.717) is 18.9 Å². The van der Waals surface area contributed by atoms with Gasteiger partial charge in [-0.05, 0) is 49.2 Å². The monoisotopic (exact) mass is 395 g/mol. The summed E-state index contributed by atoms with van der Waals surface area (Å²) in [5.41, 5.74) is 0.896. The van der Waals surface area contributed by atoms with Crippen molar-refractivity contribution in [1.29, 1.82) is 0 Å². The van der Waals surface area contributed by atoms with Gasteiger partial charge in [0.05, 0.1) is 0 Å². The van der Waals surface area contributed by atoms with Crippen LogP contribution >= 0.6 is 15.9 Å². The number of hydrogen-bond acceptors (Lipinski definition) is 4. The number of halogens is 1. The lowest BCUT2D eigenvalue weighted by atomic mass is 10.2. The van der Waals surface area contributed by atoms with Crippen LogP contribution in [0.1, 0.15) is 19.3 Å². The van der Waals surface area contributed by atoms with Gasteiger partial charge in [-0.1, -0.05) is 22.4 Å². The van der Waals surface area contributed by atoms with Crippen molar-refractivity contribution in [2.75, 3.05) is 18.4 Å². The number of anilines is 2. The first-order chi connectivity index (χ1) is 11.1. The van der Waals surface area contributed by atoms with Gasteiger partial charge in [0, 0.05) is 29.4 Å². The van der Waals surface area contributed by atoms with Crippen LogP contribution in [-0.4, -0.2) is 30.8 Å². The Balaban J connectivity index is 1.74. The summed E-state index contributed by atoms with van der Waals surface area (Å²) in [6.45, 7) is 1.20. The van der Waals surface area contributed by atoms with E-state index >= 15 is 0 Å². The maximum atomic E-state index is 12.6. The van der Waals surface area contributed by atoms with E-state index in [9.17, 15) is 8.42 Å². The van der Waals surface area contributed by atoms with Crippen LogP contribution in [0, 0.1) is 0 Å². The summed E-state index contributed by atoms with van der Waals surface area (Å²) in [5, 5.41) is 3.15. The Morgan fingerprint density at radius 1 is 1.00 bits per heavy atom. The Morgan fingerprint density at radius 3 is 2.30 bits per heavy atom. The first-order valence-electron chi connectivity index (χ1n) is 7.54.